The molecule has 2 rings (SSSR count). The van der Waals surface area contributed by atoms with E-state index in [2.05, 4.69) is 47.9 Å². The Kier molecular flexibility index (Phi) is 4.13. The van der Waals surface area contributed by atoms with E-state index in [0.717, 1.165) is 13.1 Å². The van der Waals surface area contributed by atoms with Crippen molar-refractivity contribution in [2.24, 2.45) is 5.73 Å². The first-order valence-electron chi connectivity index (χ1n) is 5.96. The zero-order chi connectivity index (χ0) is 11.4. The number of hydrogen-bond donors (Lipinski definition) is 1. The first-order valence-corrected chi connectivity index (χ1v) is 7.11. The molecule has 0 aromatic heterocycles. The SMILES string of the molecule is C[C@@H](N)c1ccccc1N1CCCSCC1. The Morgan fingerprint density at radius 1 is 1.25 bits per heavy atom. The summed E-state index contributed by atoms with van der Waals surface area (Å²) in [7, 11) is 0. The summed E-state index contributed by atoms with van der Waals surface area (Å²) >= 11 is 2.06. The summed E-state index contributed by atoms with van der Waals surface area (Å²) in [5.41, 5.74) is 8.63. The largest absolute Gasteiger partial charge is 0.370 e. The topological polar surface area (TPSA) is 29.3 Å². The van der Waals surface area contributed by atoms with Gasteiger partial charge in [-0.2, -0.15) is 11.8 Å². The van der Waals surface area contributed by atoms with Crippen LogP contribution in [0.4, 0.5) is 5.69 Å². The summed E-state index contributed by atoms with van der Waals surface area (Å²) in [5, 5.41) is 0. The Morgan fingerprint density at radius 3 is 2.88 bits per heavy atom. The number of anilines is 1. The van der Waals surface area contributed by atoms with Crippen molar-refractivity contribution in [2.75, 3.05) is 29.5 Å². The molecule has 0 unspecified atom stereocenters. The fourth-order valence-corrected chi connectivity index (χ4v) is 3.03. The third kappa shape index (κ3) is 2.71. The quantitative estimate of drug-likeness (QED) is 0.856. The van der Waals surface area contributed by atoms with Crippen LogP contribution in [0.5, 0.6) is 0 Å². The van der Waals surface area contributed by atoms with E-state index in [1.807, 2.05) is 0 Å². The van der Waals surface area contributed by atoms with Crippen molar-refractivity contribution in [1.29, 1.82) is 0 Å². The van der Waals surface area contributed by atoms with Crippen LogP contribution in [0.3, 0.4) is 0 Å². The molecule has 2 nitrogen and oxygen atoms in total. The lowest BCUT2D eigenvalue weighted by molar-refractivity contribution is 0.774. The van der Waals surface area contributed by atoms with E-state index < -0.39 is 0 Å². The van der Waals surface area contributed by atoms with Gasteiger partial charge in [-0.25, -0.2) is 0 Å². The fraction of sp³-hybridized carbons (Fsp3) is 0.538. The average molecular weight is 236 g/mol. The second-order valence-electron chi connectivity index (χ2n) is 4.30. The molecule has 0 radical (unpaired) electrons. The minimum Gasteiger partial charge on any atom is -0.370 e. The Hall–Kier alpha value is -0.670. The van der Waals surface area contributed by atoms with Gasteiger partial charge in [-0.1, -0.05) is 18.2 Å². The van der Waals surface area contributed by atoms with Crippen LogP contribution in [-0.2, 0) is 0 Å². The van der Waals surface area contributed by atoms with Gasteiger partial charge in [0.1, 0.15) is 0 Å². The monoisotopic (exact) mass is 236 g/mol. The van der Waals surface area contributed by atoms with Gasteiger partial charge < -0.3 is 10.6 Å². The molecular weight excluding hydrogens is 216 g/mol. The van der Waals surface area contributed by atoms with Gasteiger partial charge in [0.05, 0.1) is 0 Å². The lowest BCUT2D eigenvalue weighted by atomic mass is 10.1. The van der Waals surface area contributed by atoms with E-state index >= 15 is 0 Å². The first kappa shape index (κ1) is 11.8. The Labute approximate surface area is 102 Å². The second-order valence-corrected chi connectivity index (χ2v) is 5.53. The normalized spacial score (nSPS) is 19.2. The van der Waals surface area contributed by atoms with Crippen LogP contribution >= 0.6 is 11.8 Å². The molecule has 1 aliphatic heterocycles. The van der Waals surface area contributed by atoms with Crippen molar-refractivity contribution < 1.29 is 0 Å². The highest BCUT2D eigenvalue weighted by Gasteiger charge is 2.14. The first-order chi connectivity index (χ1) is 7.79. The molecule has 0 saturated carbocycles. The van der Waals surface area contributed by atoms with Gasteiger partial charge >= 0.3 is 0 Å². The van der Waals surface area contributed by atoms with Gasteiger partial charge in [0.2, 0.25) is 0 Å². The molecule has 3 heteroatoms. The molecule has 88 valence electrons. The molecule has 1 aliphatic rings. The molecule has 1 aromatic carbocycles. The Morgan fingerprint density at radius 2 is 2.06 bits per heavy atom. The van der Waals surface area contributed by atoms with Crippen molar-refractivity contribution in [3.05, 3.63) is 29.8 Å². The van der Waals surface area contributed by atoms with Gasteiger partial charge in [-0.3, -0.25) is 0 Å². The zero-order valence-corrected chi connectivity index (χ0v) is 10.7. The molecule has 0 aliphatic carbocycles. The summed E-state index contributed by atoms with van der Waals surface area (Å²) in [6.45, 7) is 4.37. The molecule has 0 spiro atoms. The molecule has 1 saturated heterocycles. The van der Waals surface area contributed by atoms with E-state index in [1.165, 1.54) is 29.2 Å². The number of thioether (sulfide) groups is 1. The lowest BCUT2D eigenvalue weighted by Crippen LogP contribution is -2.27. The maximum Gasteiger partial charge on any atom is 0.0414 e. The van der Waals surface area contributed by atoms with Gasteiger partial charge in [-0.15, -0.1) is 0 Å². The van der Waals surface area contributed by atoms with Crippen LogP contribution in [0.25, 0.3) is 0 Å². The van der Waals surface area contributed by atoms with Gasteiger partial charge in [0.15, 0.2) is 0 Å². The third-order valence-electron chi connectivity index (χ3n) is 2.99. The smallest absolute Gasteiger partial charge is 0.0414 e. The average Bonchev–Trinajstić information content (AvgIpc) is 2.57. The lowest BCUT2D eigenvalue weighted by Gasteiger charge is -2.26. The molecule has 1 heterocycles. The molecule has 1 atom stereocenters. The zero-order valence-electron chi connectivity index (χ0n) is 9.86. The van der Waals surface area contributed by atoms with Crippen molar-refractivity contribution in [3.63, 3.8) is 0 Å². The van der Waals surface area contributed by atoms with E-state index in [1.54, 1.807) is 0 Å². The molecule has 16 heavy (non-hydrogen) atoms. The van der Waals surface area contributed by atoms with Gasteiger partial charge in [-0.05, 0) is 30.7 Å². The molecule has 1 aromatic rings. The van der Waals surface area contributed by atoms with Crippen LogP contribution < -0.4 is 10.6 Å². The van der Waals surface area contributed by atoms with Crippen LogP contribution in [0, 0.1) is 0 Å². The maximum atomic E-state index is 6.03. The summed E-state index contributed by atoms with van der Waals surface area (Å²) in [5.74, 6) is 2.52. The number of benzene rings is 1. The summed E-state index contributed by atoms with van der Waals surface area (Å²) in [6.07, 6.45) is 1.28. The van der Waals surface area contributed by atoms with Crippen molar-refractivity contribution in [2.45, 2.75) is 19.4 Å². The Balaban J connectivity index is 2.23. The number of hydrogen-bond acceptors (Lipinski definition) is 3. The van der Waals surface area contributed by atoms with Crippen LogP contribution in [0.15, 0.2) is 24.3 Å². The maximum absolute atomic E-state index is 6.03. The summed E-state index contributed by atoms with van der Waals surface area (Å²) in [6, 6.07) is 8.66. The van der Waals surface area contributed by atoms with E-state index in [0.29, 0.717) is 0 Å². The molecule has 0 bridgehead atoms. The number of para-hydroxylation sites is 1. The highest BCUT2D eigenvalue weighted by molar-refractivity contribution is 7.99. The molecule has 2 N–H and O–H groups in total. The number of nitrogens with zero attached hydrogens (tertiary/aromatic N) is 1. The number of nitrogens with two attached hydrogens (primary N) is 1. The number of rotatable bonds is 2. The van der Waals surface area contributed by atoms with Crippen LogP contribution in [0.2, 0.25) is 0 Å². The van der Waals surface area contributed by atoms with E-state index in [-0.39, 0.29) is 6.04 Å². The summed E-state index contributed by atoms with van der Waals surface area (Å²) in [4.78, 5) is 2.48. The van der Waals surface area contributed by atoms with Crippen molar-refractivity contribution in [3.8, 4) is 0 Å². The van der Waals surface area contributed by atoms with Gasteiger partial charge in [0.25, 0.3) is 0 Å². The van der Waals surface area contributed by atoms with Crippen LogP contribution in [0.1, 0.15) is 24.9 Å². The second kappa shape index (κ2) is 5.60. The molecule has 0 amide bonds. The van der Waals surface area contributed by atoms with Crippen molar-refractivity contribution in [1.82, 2.24) is 0 Å². The minimum absolute atomic E-state index is 0.118. The Bertz CT molecular complexity index is 330. The summed E-state index contributed by atoms with van der Waals surface area (Å²) < 4.78 is 0. The fourth-order valence-electron chi connectivity index (χ4n) is 2.15. The highest BCUT2D eigenvalue weighted by Crippen LogP contribution is 2.26. The minimum atomic E-state index is 0.118. The van der Waals surface area contributed by atoms with E-state index in [9.17, 15) is 0 Å². The highest BCUT2D eigenvalue weighted by atomic mass is 32.2. The standard InChI is InChI=1S/C13H20N2S/c1-11(14)12-5-2-3-6-13(12)15-7-4-9-16-10-8-15/h2-3,5-6,11H,4,7-10,14H2,1H3/t11-/m1/s1. The van der Waals surface area contributed by atoms with Gasteiger partial charge in [0, 0.05) is 30.6 Å². The molecule has 1 fully saturated rings. The van der Waals surface area contributed by atoms with E-state index in [4.69, 9.17) is 5.73 Å². The van der Waals surface area contributed by atoms with Crippen molar-refractivity contribution >= 4 is 17.4 Å². The molecular formula is C13H20N2S. The van der Waals surface area contributed by atoms with Crippen LogP contribution in [-0.4, -0.2) is 24.6 Å². The third-order valence-corrected chi connectivity index (χ3v) is 4.04. The predicted octanol–water partition coefficient (Wildman–Crippen LogP) is 2.65. The predicted molar refractivity (Wildman–Crippen MR) is 73.2 cm³/mol.